The molecule has 2 fully saturated rings. The van der Waals surface area contributed by atoms with E-state index >= 15 is 0 Å². The summed E-state index contributed by atoms with van der Waals surface area (Å²) in [5, 5.41) is 7.45. The highest BCUT2D eigenvalue weighted by Gasteiger charge is 2.39. The van der Waals surface area contributed by atoms with E-state index in [-0.39, 0.29) is 17.7 Å². The third-order valence-corrected chi connectivity index (χ3v) is 6.48. The Bertz CT molecular complexity index is 711. The fourth-order valence-corrected chi connectivity index (χ4v) is 4.61. The summed E-state index contributed by atoms with van der Waals surface area (Å²) in [6.07, 6.45) is 7.08. The molecule has 1 aromatic carbocycles. The molecule has 0 atom stereocenters. The van der Waals surface area contributed by atoms with Crippen molar-refractivity contribution in [2.75, 3.05) is 19.7 Å². The van der Waals surface area contributed by atoms with Crippen LogP contribution in [0, 0.1) is 16.7 Å². The third kappa shape index (κ3) is 4.72. The Morgan fingerprint density at radius 2 is 1.68 bits per heavy atom. The number of hydrogen-bond acceptors (Lipinski definition) is 4. The lowest BCUT2D eigenvalue weighted by atomic mass is 9.65. The molecule has 1 amide bonds. The number of amidine groups is 1. The van der Waals surface area contributed by atoms with Gasteiger partial charge in [-0.2, -0.15) is 0 Å². The number of carbonyl (C=O) groups is 2. The summed E-state index contributed by atoms with van der Waals surface area (Å²) in [5.74, 6) is 0.446. The molecule has 1 spiro atoms. The van der Waals surface area contributed by atoms with Crippen LogP contribution < -0.4 is 5.73 Å². The van der Waals surface area contributed by atoms with Gasteiger partial charge >= 0.3 is 5.97 Å². The minimum atomic E-state index is -0.0698. The number of amides is 1. The van der Waals surface area contributed by atoms with Crippen LogP contribution in [0.5, 0.6) is 0 Å². The van der Waals surface area contributed by atoms with E-state index in [1.165, 1.54) is 0 Å². The molecule has 1 heterocycles. The van der Waals surface area contributed by atoms with E-state index in [0.29, 0.717) is 35.5 Å². The number of likely N-dealkylation sites (tertiary alicyclic amines) is 1. The van der Waals surface area contributed by atoms with Gasteiger partial charge in [-0.15, -0.1) is 0 Å². The van der Waals surface area contributed by atoms with Crippen LogP contribution in [0.4, 0.5) is 0 Å². The molecule has 1 aliphatic carbocycles. The number of nitrogens with one attached hydrogen (secondary N) is 1. The molecule has 0 bridgehead atoms. The van der Waals surface area contributed by atoms with Gasteiger partial charge in [0.15, 0.2) is 0 Å². The van der Waals surface area contributed by atoms with Crippen LogP contribution in [-0.4, -0.2) is 42.3 Å². The topological polar surface area (TPSA) is 96.5 Å². The van der Waals surface area contributed by atoms with E-state index in [2.05, 4.69) is 0 Å². The molecule has 28 heavy (non-hydrogen) atoms. The van der Waals surface area contributed by atoms with Crippen molar-refractivity contribution in [3.05, 3.63) is 35.4 Å². The number of hydrogen-bond donors (Lipinski definition) is 2. The molecule has 1 aromatic rings. The molecule has 2 aliphatic rings. The predicted molar refractivity (Wildman–Crippen MR) is 108 cm³/mol. The zero-order valence-electron chi connectivity index (χ0n) is 16.7. The molecule has 152 valence electrons. The summed E-state index contributed by atoms with van der Waals surface area (Å²) < 4.78 is 5.08. The summed E-state index contributed by atoms with van der Waals surface area (Å²) >= 11 is 0. The molecule has 3 N–H and O–H groups in total. The normalized spacial score (nSPS) is 19.4. The molecule has 1 saturated heterocycles. The summed E-state index contributed by atoms with van der Waals surface area (Å²) in [4.78, 5) is 26.4. The van der Waals surface area contributed by atoms with Gasteiger partial charge in [0, 0.05) is 30.6 Å². The molecule has 0 unspecified atom stereocenters. The first-order valence-electron chi connectivity index (χ1n) is 10.3. The van der Waals surface area contributed by atoms with Crippen molar-refractivity contribution in [2.45, 2.75) is 51.9 Å². The van der Waals surface area contributed by atoms with Crippen LogP contribution in [0.2, 0.25) is 0 Å². The molecular formula is C22H31N3O3. The number of nitrogen functional groups attached to an aromatic ring is 1. The Balaban J connectivity index is 1.50. The Labute approximate surface area is 166 Å². The van der Waals surface area contributed by atoms with Crippen LogP contribution in [0.1, 0.15) is 67.8 Å². The maximum Gasteiger partial charge on any atom is 0.306 e. The van der Waals surface area contributed by atoms with Crippen molar-refractivity contribution >= 4 is 17.7 Å². The fourth-order valence-electron chi connectivity index (χ4n) is 4.61. The summed E-state index contributed by atoms with van der Waals surface area (Å²) in [6, 6.07) is 6.96. The Morgan fingerprint density at radius 3 is 2.21 bits per heavy atom. The summed E-state index contributed by atoms with van der Waals surface area (Å²) in [5.41, 5.74) is 7.09. The van der Waals surface area contributed by atoms with Crippen LogP contribution in [-0.2, 0) is 9.53 Å². The molecule has 0 aromatic heterocycles. The number of nitrogens with two attached hydrogens (primary N) is 1. The quantitative estimate of drug-likeness (QED) is 0.461. The number of rotatable bonds is 5. The lowest BCUT2D eigenvalue weighted by molar-refractivity contribution is -0.144. The standard InChI is InChI=1S/C22H31N3O3/c1-2-28-19(26)15-16-7-9-22(10-8-16)11-13-25(14-12-22)21(27)18-5-3-17(4-6-18)20(23)24/h3-6,16H,2,7-15H2,1H3,(H3,23,24). The van der Waals surface area contributed by atoms with Gasteiger partial charge in [0.25, 0.3) is 5.91 Å². The molecule has 6 heteroatoms. The van der Waals surface area contributed by atoms with Crippen LogP contribution in [0.3, 0.4) is 0 Å². The molecule has 1 saturated carbocycles. The van der Waals surface area contributed by atoms with Crippen molar-refractivity contribution in [3.8, 4) is 0 Å². The Hall–Kier alpha value is -2.37. The number of carbonyl (C=O) groups excluding carboxylic acids is 2. The van der Waals surface area contributed by atoms with Crippen molar-refractivity contribution in [3.63, 3.8) is 0 Å². The highest BCUT2D eigenvalue weighted by atomic mass is 16.5. The lowest BCUT2D eigenvalue weighted by Crippen LogP contribution is -2.44. The van der Waals surface area contributed by atoms with Gasteiger partial charge in [-0.25, -0.2) is 0 Å². The predicted octanol–water partition coefficient (Wildman–Crippen LogP) is 3.34. The van der Waals surface area contributed by atoms with E-state index in [1.54, 1.807) is 24.3 Å². The number of esters is 1. The molecule has 0 radical (unpaired) electrons. The molecular weight excluding hydrogens is 354 g/mol. The van der Waals surface area contributed by atoms with E-state index < -0.39 is 0 Å². The second-order valence-corrected chi connectivity index (χ2v) is 8.24. The number of benzene rings is 1. The molecule has 3 rings (SSSR count). The Morgan fingerprint density at radius 1 is 1.11 bits per heavy atom. The van der Waals surface area contributed by atoms with Gasteiger partial charge in [-0.05, 0) is 68.9 Å². The van der Waals surface area contributed by atoms with Gasteiger partial charge in [-0.1, -0.05) is 12.1 Å². The summed E-state index contributed by atoms with van der Waals surface area (Å²) in [7, 11) is 0. The van der Waals surface area contributed by atoms with Crippen LogP contribution >= 0.6 is 0 Å². The minimum Gasteiger partial charge on any atom is -0.466 e. The maximum absolute atomic E-state index is 12.8. The highest BCUT2D eigenvalue weighted by molar-refractivity contribution is 5.98. The van der Waals surface area contributed by atoms with Crippen molar-refractivity contribution < 1.29 is 14.3 Å². The second-order valence-electron chi connectivity index (χ2n) is 8.24. The lowest BCUT2D eigenvalue weighted by Gasteiger charge is -2.46. The van der Waals surface area contributed by atoms with Gasteiger partial charge < -0.3 is 15.4 Å². The zero-order chi connectivity index (χ0) is 20.1. The smallest absolute Gasteiger partial charge is 0.306 e. The van der Waals surface area contributed by atoms with Gasteiger partial charge in [0.1, 0.15) is 5.84 Å². The first-order chi connectivity index (χ1) is 13.4. The van der Waals surface area contributed by atoms with Crippen LogP contribution in [0.25, 0.3) is 0 Å². The largest absolute Gasteiger partial charge is 0.466 e. The Kier molecular flexibility index (Phi) is 6.37. The SMILES string of the molecule is CCOC(=O)CC1CCC2(CC1)CCN(C(=O)c1ccc(C(=N)N)cc1)CC2. The van der Waals surface area contributed by atoms with E-state index in [4.69, 9.17) is 15.9 Å². The summed E-state index contributed by atoms with van der Waals surface area (Å²) in [6.45, 7) is 3.88. The van der Waals surface area contributed by atoms with E-state index in [1.807, 2.05) is 11.8 Å². The van der Waals surface area contributed by atoms with Crippen LogP contribution in [0.15, 0.2) is 24.3 Å². The van der Waals surface area contributed by atoms with Crippen molar-refractivity contribution in [1.29, 1.82) is 5.41 Å². The number of nitrogens with zero attached hydrogens (tertiary/aromatic N) is 1. The van der Waals surface area contributed by atoms with Gasteiger partial charge in [-0.3, -0.25) is 15.0 Å². The first-order valence-corrected chi connectivity index (χ1v) is 10.3. The van der Waals surface area contributed by atoms with Crippen molar-refractivity contribution in [2.24, 2.45) is 17.1 Å². The first kappa shape index (κ1) is 20.4. The average molecular weight is 386 g/mol. The fraction of sp³-hybridized carbons (Fsp3) is 0.591. The maximum atomic E-state index is 12.8. The van der Waals surface area contributed by atoms with E-state index in [9.17, 15) is 9.59 Å². The second kappa shape index (κ2) is 8.76. The van der Waals surface area contributed by atoms with Gasteiger partial charge in [0.05, 0.1) is 6.61 Å². The molecule has 1 aliphatic heterocycles. The monoisotopic (exact) mass is 385 g/mol. The third-order valence-electron chi connectivity index (χ3n) is 6.48. The highest BCUT2D eigenvalue weighted by Crippen LogP contribution is 2.47. The van der Waals surface area contributed by atoms with Gasteiger partial charge in [0.2, 0.25) is 0 Å². The average Bonchev–Trinajstić information content (AvgIpc) is 2.70. The van der Waals surface area contributed by atoms with Crippen molar-refractivity contribution in [1.82, 2.24) is 4.90 Å². The number of ether oxygens (including phenoxy) is 1. The van der Waals surface area contributed by atoms with E-state index in [0.717, 1.165) is 51.6 Å². The number of piperidine rings is 1. The zero-order valence-corrected chi connectivity index (χ0v) is 16.7. The minimum absolute atomic E-state index is 0.0115. The molecule has 6 nitrogen and oxygen atoms in total.